The normalized spacial score (nSPS) is 16.7. The third-order valence-corrected chi connectivity index (χ3v) is 2.78. The first-order valence-electron chi connectivity index (χ1n) is 4.62. The molecule has 1 aromatic rings. The Morgan fingerprint density at radius 2 is 2.00 bits per heavy atom. The van der Waals surface area contributed by atoms with Crippen molar-refractivity contribution in [1.82, 2.24) is 0 Å². The lowest BCUT2D eigenvalue weighted by molar-refractivity contribution is 1.24. The molecule has 0 N–H and O–H groups in total. The third kappa shape index (κ3) is 2.88. The molecular formula is C11H13NS. The number of aryl methyl sites for hydroxylation is 1. The van der Waals surface area contributed by atoms with E-state index in [9.17, 15) is 0 Å². The van der Waals surface area contributed by atoms with Crippen LogP contribution in [0.3, 0.4) is 0 Å². The largest absolute Gasteiger partial charge is 0.224 e. The molecule has 0 unspecified atom stereocenters. The fourth-order valence-corrected chi connectivity index (χ4v) is 1.63. The van der Waals surface area contributed by atoms with Crippen LogP contribution in [0.25, 0.3) is 0 Å². The fourth-order valence-electron chi connectivity index (χ4n) is 1.02. The molecule has 13 heavy (non-hydrogen) atoms. The molecule has 1 saturated carbocycles. The summed E-state index contributed by atoms with van der Waals surface area (Å²) in [4.78, 5) is 1.22. The van der Waals surface area contributed by atoms with Crippen LogP contribution in [0, 0.1) is 12.8 Å². The minimum atomic E-state index is 0.776. The molecule has 1 nitrogen and oxygen atoms in total. The Balaban J connectivity index is 1.89. The number of hydrogen-bond acceptors (Lipinski definition) is 2. The second kappa shape index (κ2) is 3.97. The molecule has 0 bridgehead atoms. The summed E-state index contributed by atoms with van der Waals surface area (Å²) in [7, 11) is 0. The van der Waals surface area contributed by atoms with Gasteiger partial charge in [-0.25, -0.2) is 4.40 Å². The van der Waals surface area contributed by atoms with Gasteiger partial charge in [-0.3, -0.25) is 0 Å². The Morgan fingerprint density at radius 3 is 2.62 bits per heavy atom. The van der Waals surface area contributed by atoms with Crippen molar-refractivity contribution in [3.63, 3.8) is 0 Å². The second-order valence-electron chi connectivity index (χ2n) is 3.50. The maximum absolute atomic E-state index is 4.32. The molecule has 0 saturated heterocycles. The van der Waals surface area contributed by atoms with Gasteiger partial charge in [-0.15, -0.1) is 0 Å². The van der Waals surface area contributed by atoms with E-state index < -0.39 is 0 Å². The van der Waals surface area contributed by atoms with E-state index in [-0.39, 0.29) is 0 Å². The summed E-state index contributed by atoms with van der Waals surface area (Å²) in [5.41, 5.74) is 1.30. The Morgan fingerprint density at radius 1 is 1.31 bits per heavy atom. The van der Waals surface area contributed by atoms with Crippen LogP contribution in [0.1, 0.15) is 18.4 Å². The van der Waals surface area contributed by atoms with Crippen LogP contribution in [0.15, 0.2) is 33.6 Å². The van der Waals surface area contributed by atoms with Crippen LogP contribution in [0.2, 0.25) is 0 Å². The van der Waals surface area contributed by atoms with Gasteiger partial charge < -0.3 is 0 Å². The first-order chi connectivity index (χ1) is 6.34. The highest BCUT2D eigenvalue weighted by Gasteiger charge is 2.18. The molecule has 0 heterocycles. The van der Waals surface area contributed by atoms with E-state index in [2.05, 4.69) is 41.8 Å². The molecular weight excluding hydrogens is 178 g/mol. The SMILES string of the molecule is Cc1ccc(S/N=C/C2CC2)cc1. The molecule has 68 valence electrons. The van der Waals surface area contributed by atoms with Gasteiger partial charge >= 0.3 is 0 Å². The van der Waals surface area contributed by atoms with Crippen LogP contribution in [-0.2, 0) is 0 Å². The molecule has 2 heteroatoms. The number of rotatable bonds is 3. The molecule has 0 amide bonds. The van der Waals surface area contributed by atoms with Gasteiger partial charge in [-0.05, 0) is 37.8 Å². The summed E-state index contributed by atoms with van der Waals surface area (Å²) in [6.45, 7) is 2.10. The van der Waals surface area contributed by atoms with E-state index in [1.807, 2.05) is 0 Å². The smallest absolute Gasteiger partial charge is 0.0305 e. The highest BCUT2D eigenvalue weighted by Crippen LogP contribution is 2.28. The van der Waals surface area contributed by atoms with Crippen LogP contribution in [-0.4, -0.2) is 6.21 Å². The van der Waals surface area contributed by atoms with Crippen LogP contribution >= 0.6 is 11.9 Å². The number of benzene rings is 1. The number of nitrogens with zero attached hydrogens (tertiary/aromatic N) is 1. The lowest BCUT2D eigenvalue weighted by atomic mass is 10.2. The van der Waals surface area contributed by atoms with Crippen LogP contribution in [0.4, 0.5) is 0 Å². The molecule has 1 aliphatic rings. The summed E-state index contributed by atoms with van der Waals surface area (Å²) in [5, 5.41) is 0. The minimum absolute atomic E-state index is 0.776. The van der Waals surface area contributed by atoms with E-state index in [0.29, 0.717) is 0 Å². The van der Waals surface area contributed by atoms with E-state index in [1.54, 1.807) is 11.9 Å². The maximum Gasteiger partial charge on any atom is 0.0305 e. The fraction of sp³-hybridized carbons (Fsp3) is 0.364. The highest BCUT2D eigenvalue weighted by molar-refractivity contribution is 7.98. The molecule has 1 aliphatic carbocycles. The second-order valence-corrected chi connectivity index (χ2v) is 4.36. The summed E-state index contributed by atoms with van der Waals surface area (Å²) >= 11 is 1.57. The quantitative estimate of drug-likeness (QED) is 0.526. The molecule has 0 radical (unpaired) electrons. The van der Waals surface area contributed by atoms with Crippen molar-refractivity contribution in [2.75, 3.05) is 0 Å². The highest BCUT2D eigenvalue weighted by atomic mass is 32.2. The standard InChI is InChI=1S/C11H13NS/c1-9-2-6-11(7-3-9)13-12-8-10-4-5-10/h2-3,6-8,10H,4-5H2,1H3/b12-8+. The maximum atomic E-state index is 4.32. The first kappa shape index (κ1) is 8.82. The van der Waals surface area contributed by atoms with Gasteiger partial charge in [-0.2, -0.15) is 0 Å². The lowest BCUT2D eigenvalue weighted by Crippen LogP contribution is -1.74. The van der Waals surface area contributed by atoms with Crippen molar-refractivity contribution in [2.24, 2.45) is 10.3 Å². The topological polar surface area (TPSA) is 12.4 Å². The van der Waals surface area contributed by atoms with Crippen molar-refractivity contribution in [1.29, 1.82) is 0 Å². The van der Waals surface area contributed by atoms with Gasteiger partial charge in [0, 0.05) is 23.1 Å². The lowest BCUT2D eigenvalue weighted by Gasteiger charge is -1.95. The average Bonchev–Trinajstić information content (AvgIpc) is 2.92. The zero-order valence-electron chi connectivity index (χ0n) is 7.73. The third-order valence-electron chi connectivity index (χ3n) is 2.07. The summed E-state index contributed by atoms with van der Waals surface area (Å²) in [5.74, 6) is 0.776. The van der Waals surface area contributed by atoms with E-state index in [4.69, 9.17) is 0 Å². The van der Waals surface area contributed by atoms with E-state index in [1.165, 1.54) is 23.3 Å². The predicted octanol–water partition coefficient (Wildman–Crippen LogP) is 3.48. The number of hydrogen-bond donors (Lipinski definition) is 0. The van der Waals surface area contributed by atoms with Gasteiger partial charge in [0.15, 0.2) is 0 Å². The summed E-state index contributed by atoms with van der Waals surface area (Å²) in [6.07, 6.45) is 4.74. The van der Waals surface area contributed by atoms with Gasteiger partial charge in [0.2, 0.25) is 0 Å². The molecule has 0 spiro atoms. The summed E-state index contributed by atoms with van der Waals surface area (Å²) in [6, 6.07) is 8.47. The van der Waals surface area contributed by atoms with Gasteiger partial charge in [0.05, 0.1) is 0 Å². The van der Waals surface area contributed by atoms with Gasteiger partial charge in [0.25, 0.3) is 0 Å². The Bertz CT molecular complexity index is 298. The zero-order chi connectivity index (χ0) is 9.10. The Hall–Kier alpha value is -0.760. The van der Waals surface area contributed by atoms with Crippen LogP contribution < -0.4 is 0 Å². The predicted molar refractivity (Wildman–Crippen MR) is 58.3 cm³/mol. The molecule has 0 atom stereocenters. The molecule has 0 aromatic heterocycles. The van der Waals surface area contributed by atoms with E-state index >= 15 is 0 Å². The van der Waals surface area contributed by atoms with Crippen molar-refractivity contribution < 1.29 is 0 Å². The van der Waals surface area contributed by atoms with Crippen LogP contribution in [0.5, 0.6) is 0 Å². The van der Waals surface area contributed by atoms with Gasteiger partial charge in [-0.1, -0.05) is 17.7 Å². The van der Waals surface area contributed by atoms with Crippen molar-refractivity contribution >= 4 is 18.2 Å². The molecule has 1 fully saturated rings. The summed E-state index contributed by atoms with van der Waals surface area (Å²) < 4.78 is 4.32. The Labute approximate surface area is 83.4 Å². The van der Waals surface area contributed by atoms with Crippen molar-refractivity contribution in [2.45, 2.75) is 24.7 Å². The van der Waals surface area contributed by atoms with Gasteiger partial charge in [0.1, 0.15) is 0 Å². The van der Waals surface area contributed by atoms with E-state index in [0.717, 1.165) is 5.92 Å². The molecule has 1 aromatic carbocycles. The first-order valence-corrected chi connectivity index (χ1v) is 5.39. The molecule has 0 aliphatic heterocycles. The zero-order valence-corrected chi connectivity index (χ0v) is 8.55. The average molecular weight is 191 g/mol. The monoisotopic (exact) mass is 191 g/mol. The minimum Gasteiger partial charge on any atom is -0.224 e. The van der Waals surface area contributed by atoms with Crippen molar-refractivity contribution in [3.8, 4) is 0 Å². The van der Waals surface area contributed by atoms with Crippen molar-refractivity contribution in [3.05, 3.63) is 29.8 Å². The molecule has 2 rings (SSSR count). The Kier molecular flexibility index (Phi) is 2.69.